The maximum atomic E-state index is 5.98. The van der Waals surface area contributed by atoms with Gasteiger partial charge in [-0.3, -0.25) is 4.99 Å². The Hall–Kier alpha value is -2.80. The van der Waals surface area contributed by atoms with Crippen LogP contribution in [0.4, 0.5) is 0 Å². The molecule has 1 heterocycles. The highest BCUT2D eigenvalue weighted by Gasteiger charge is 2.08. The lowest BCUT2D eigenvalue weighted by molar-refractivity contribution is 0.145. The fraction of sp³-hybridized carbons (Fsp3) is 0.455. The molecule has 7 heteroatoms. The van der Waals surface area contributed by atoms with Gasteiger partial charge in [0.2, 0.25) is 5.88 Å². The third-order valence-corrected chi connectivity index (χ3v) is 3.99. The smallest absolute Gasteiger partial charge is 0.224 e. The molecule has 0 saturated heterocycles. The molecule has 0 saturated carbocycles. The van der Waals surface area contributed by atoms with E-state index < -0.39 is 0 Å². The van der Waals surface area contributed by atoms with Crippen LogP contribution >= 0.6 is 0 Å². The molecule has 0 aliphatic carbocycles. The molecule has 0 unspecified atom stereocenters. The van der Waals surface area contributed by atoms with Crippen LogP contribution in [0.5, 0.6) is 17.4 Å². The highest BCUT2D eigenvalue weighted by atomic mass is 16.5. The zero-order chi connectivity index (χ0) is 20.7. The normalized spacial score (nSPS) is 11.2. The van der Waals surface area contributed by atoms with Crippen molar-refractivity contribution in [2.24, 2.45) is 4.99 Å². The third-order valence-electron chi connectivity index (χ3n) is 3.99. The molecular weight excluding hydrogens is 368 g/mol. The van der Waals surface area contributed by atoms with Gasteiger partial charge in [0.1, 0.15) is 11.5 Å². The summed E-state index contributed by atoms with van der Waals surface area (Å²) in [6.07, 6.45) is 3.62. The Morgan fingerprint density at radius 2 is 1.83 bits per heavy atom. The van der Waals surface area contributed by atoms with Crippen LogP contribution in [0.1, 0.15) is 32.3 Å². The van der Waals surface area contributed by atoms with Gasteiger partial charge in [-0.05, 0) is 50.1 Å². The molecule has 0 spiro atoms. The second-order valence-corrected chi connectivity index (χ2v) is 6.29. The Kier molecular flexibility index (Phi) is 10.4. The molecule has 0 aliphatic heterocycles. The molecule has 158 valence electrons. The Morgan fingerprint density at radius 3 is 2.55 bits per heavy atom. The topological polar surface area (TPSA) is 77.0 Å². The summed E-state index contributed by atoms with van der Waals surface area (Å²) >= 11 is 0. The van der Waals surface area contributed by atoms with Gasteiger partial charge in [0.05, 0.1) is 6.61 Å². The van der Waals surface area contributed by atoms with Crippen molar-refractivity contribution >= 4 is 5.96 Å². The maximum absolute atomic E-state index is 5.98. The molecular formula is C22H32N4O3. The number of aromatic nitrogens is 1. The highest BCUT2D eigenvalue weighted by Crippen LogP contribution is 2.25. The number of aliphatic imine (C=N–C) groups is 1. The highest BCUT2D eigenvalue weighted by molar-refractivity contribution is 5.79. The molecule has 0 bridgehead atoms. The first-order chi connectivity index (χ1) is 14.3. The molecule has 0 aliphatic rings. The van der Waals surface area contributed by atoms with Gasteiger partial charge in [-0.15, -0.1) is 0 Å². The van der Waals surface area contributed by atoms with E-state index in [1.807, 2.05) is 43.3 Å². The summed E-state index contributed by atoms with van der Waals surface area (Å²) < 4.78 is 16.9. The van der Waals surface area contributed by atoms with Gasteiger partial charge in [0, 0.05) is 45.1 Å². The molecule has 2 aromatic rings. The lowest BCUT2D eigenvalue weighted by atomic mass is 10.2. The molecule has 0 fully saturated rings. The summed E-state index contributed by atoms with van der Waals surface area (Å²) in [6, 6.07) is 11.4. The van der Waals surface area contributed by atoms with Gasteiger partial charge >= 0.3 is 0 Å². The predicted octanol–water partition coefficient (Wildman–Crippen LogP) is 3.75. The SMILES string of the molecule is CCCOc1ccc(Oc2ncccc2CNC(=NC)NCCCOCC)cc1. The summed E-state index contributed by atoms with van der Waals surface area (Å²) in [5.74, 6) is 2.84. The molecule has 2 N–H and O–H groups in total. The average Bonchev–Trinajstić information content (AvgIpc) is 2.76. The number of pyridine rings is 1. The van der Waals surface area contributed by atoms with E-state index in [-0.39, 0.29) is 0 Å². The van der Waals surface area contributed by atoms with Crippen molar-refractivity contribution < 1.29 is 14.2 Å². The standard InChI is InChI=1S/C22H32N4O3/c1-4-15-28-19-9-11-20(12-10-19)29-21-18(8-6-13-24-21)17-26-22(23-3)25-14-7-16-27-5-2/h6,8-13H,4-5,7,14-17H2,1-3H3,(H2,23,25,26). The monoisotopic (exact) mass is 400 g/mol. The van der Waals surface area contributed by atoms with Gasteiger partial charge < -0.3 is 24.8 Å². The lowest BCUT2D eigenvalue weighted by Crippen LogP contribution is -2.37. The molecule has 1 aromatic heterocycles. The van der Waals surface area contributed by atoms with E-state index in [4.69, 9.17) is 14.2 Å². The number of ether oxygens (including phenoxy) is 3. The summed E-state index contributed by atoms with van der Waals surface area (Å²) in [6.45, 7) is 7.61. The predicted molar refractivity (Wildman–Crippen MR) is 116 cm³/mol. The second-order valence-electron chi connectivity index (χ2n) is 6.29. The average molecular weight is 401 g/mol. The van der Waals surface area contributed by atoms with E-state index in [9.17, 15) is 0 Å². The Balaban J connectivity index is 1.89. The van der Waals surface area contributed by atoms with Crippen LogP contribution < -0.4 is 20.1 Å². The van der Waals surface area contributed by atoms with Gasteiger partial charge in [0.25, 0.3) is 0 Å². The van der Waals surface area contributed by atoms with E-state index in [1.165, 1.54) is 0 Å². The van der Waals surface area contributed by atoms with E-state index in [0.29, 0.717) is 24.8 Å². The summed E-state index contributed by atoms with van der Waals surface area (Å²) in [4.78, 5) is 8.62. The molecule has 0 atom stereocenters. The number of rotatable bonds is 12. The zero-order valence-electron chi connectivity index (χ0n) is 17.6. The van der Waals surface area contributed by atoms with Crippen LogP contribution in [-0.4, -0.2) is 44.4 Å². The Morgan fingerprint density at radius 1 is 1.03 bits per heavy atom. The van der Waals surface area contributed by atoms with E-state index in [1.54, 1.807) is 13.2 Å². The molecule has 7 nitrogen and oxygen atoms in total. The Labute approximate surface area is 173 Å². The minimum Gasteiger partial charge on any atom is -0.494 e. The molecule has 2 rings (SSSR count). The fourth-order valence-electron chi connectivity index (χ4n) is 2.51. The van der Waals surface area contributed by atoms with Crippen molar-refractivity contribution in [3.63, 3.8) is 0 Å². The van der Waals surface area contributed by atoms with Crippen molar-refractivity contribution in [3.8, 4) is 17.4 Å². The van der Waals surface area contributed by atoms with Crippen molar-refractivity contribution in [1.82, 2.24) is 15.6 Å². The first-order valence-corrected chi connectivity index (χ1v) is 10.1. The first kappa shape index (κ1) is 22.5. The molecule has 1 aromatic carbocycles. The maximum Gasteiger partial charge on any atom is 0.224 e. The van der Waals surface area contributed by atoms with E-state index in [0.717, 1.165) is 49.9 Å². The number of hydrogen-bond acceptors (Lipinski definition) is 5. The summed E-state index contributed by atoms with van der Waals surface area (Å²) in [5, 5.41) is 6.57. The van der Waals surface area contributed by atoms with Crippen LogP contribution in [0, 0.1) is 0 Å². The van der Waals surface area contributed by atoms with Crippen molar-refractivity contribution in [3.05, 3.63) is 48.2 Å². The summed E-state index contributed by atoms with van der Waals surface area (Å²) in [7, 11) is 1.75. The number of benzene rings is 1. The zero-order valence-corrected chi connectivity index (χ0v) is 17.6. The number of guanidine groups is 1. The van der Waals surface area contributed by atoms with Crippen LogP contribution in [-0.2, 0) is 11.3 Å². The Bertz CT molecular complexity index is 735. The van der Waals surface area contributed by atoms with Crippen LogP contribution in [0.2, 0.25) is 0 Å². The second kappa shape index (κ2) is 13.4. The van der Waals surface area contributed by atoms with Crippen molar-refractivity contribution in [1.29, 1.82) is 0 Å². The van der Waals surface area contributed by atoms with Gasteiger partial charge in [-0.2, -0.15) is 0 Å². The van der Waals surface area contributed by atoms with Crippen molar-refractivity contribution in [2.75, 3.05) is 33.4 Å². The van der Waals surface area contributed by atoms with Gasteiger partial charge in [-0.1, -0.05) is 13.0 Å². The number of hydrogen-bond donors (Lipinski definition) is 2. The van der Waals surface area contributed by atoms with E-state index >= 15 is 0 Å². The van der Waals surface area contributed by atoms with Crippen LogP contribution in [0.25, 0.3) is 0 Å². The quantitative estimate of drug-likeness (QED) is 0.321. The number of nitrogens with zero attached hydrogens (tertiary/aromatic N) is 2. The fourth-order valence-corrected chi connectivity index (χ4v) is 2.51. The van der Waals surface area contributed by atoms with Crippen LogP contribution in [0.3, 0.4) is 0 Å². The minimum absolute atomic E-state index is 0.548. The third kappa shape index (κ3) is 8.39. The van der Waals surface area contributed by atoms with Gasteiger partial charge in [-0.25, -0.2) is 4.98 Å². The largest absolute Gasteiger partial charge is 0.494 e. The summed E-state index contributed by atoms with van der Waals surface area (Å²) in [5.41, 5.74) is 0.941. The molecule has 0 amide bonds. The lowest BCUT2D eigenvalue weighted by Gasteiger charge is -2.14. The molecule has 0 radical (unpaired) electrons. The van der Waals surface area contributed by atoms with E-state index in [2.05, 4.69) is 27.5 Å². The minimum atomic E-state index is 0.548. The van der Waals surface area contributed by atoms with Gasteiger partial charge in [0.15, 0.2) is 5.96 Å². The number of nitrogens with one attached hydrogen (secondary N) is 2. The van der Waals surface area contributed by atoms with Crippen LogP contribution in [0.15, 0.2) is 47.6 Å². The van der Waals surface area contributed by atoms with Crippen molar-refractivity contribution in [2.45, 2.75) is 33.2 Å². The first-order valence-electron chi connectivity index (χ1n) is 10.1. The molecule has 29 heavy (non-hydrogen) atoms.